The number of amides is 1. The number of fused-ring (bicyclic) bond motifs is 2. The van der Waals surface area contributed by atoms with E-state index >= 15 is 0 Å². The third-order valence-corrected chi connectivity index (χ3v) is 5.59. The summed E-state index contributed by atoms with van der Waals surface area (Å²) in [5.74, 6) is 0.997. The van der Waals surface area contributed by atoms with E-state index in [1.54, 1.807) is 24.7 Å². The van der Waals surface area contributed by atoms with Crippen LogP contribution in [-0.4, -0.2) is 48.8 Å². The molecule has 0 unspecified atom stereocenters. The molecule has 0 radical (unpaired) electrons. The van der Waals surface area contributed by atoms with Gasteiger partial charge in [0.2, 0.25) is 17.7 Å². The number of nitrogens with one attached hydrogen (secondary N) is 2. The highest BCUT2D eigenvalue weighted by molar-refractivity contribution is 5.85. The third kappa shape index (κ3) is 3.12. The highest BCUT2D eigenvalue weighted by atomic mass is 16.5. The number of methoxy groups -OCH3 is 1. The summed E-state index contributed by atoms with van der Waals surface area (Å²) in [6.45, 7) is 3.59. The Kier molecular flexibility index (Phi) is 4.12. The van der Waals surface area contributed by atoms with Crippen LogP contribution in [-0.2, 0) is 4.79 Å². The van der Waals surface area contributed by atoms with Crippen molar-refractivity contribution in [2.45, 2.75) is 38.3 Å². The molecule has 1 saturated carbocycles. The maximum atomic E-state index is 11.3. The minimum absolute atomic E-state index is 0.00993. The number of hydrogen-bond donors (Lipinski definition) is 2. The van der Waals surface area contributed by atoms with Gasteiger partial charge in [-0.05, 0) is 49.6 Å². The lowest BCUT2D eigenvalue weighted by atomic mass is 9.74. The monoisotopic (exact) mass is 405 g/mol. The molecule has 9 heteroatoms. The van der Waals surface area contributed by atoms with E-state index in [2.05, 4.69) is 31.9 Å². The summed E-state index contributed by atoms with van der Waals surface area (Å²) in [7, 11) is 1.61. The topological polar surface area (TPSA) is 97.8 Å². The number of anilines is 1. The first-order valence-corrected chi connectivity index (χ1v) is 9.86. The van der Waals surface area contributed by atoms with E-state index in [0.29, 0.717) is 11.8 Å². The van der Waals surface area contributed by atoms with Crippen LogP contribution in [0, 0.1) is 0 Å². The first-order chi connectivity index (χ1) is 14.4. The molecule has 0 spiro atoms. The summed E-state index contributed by atoms with van der Waals surface area (Å²) in [4.78, 5) is 15.9. The lowest BCUT2D eigenvalue weighted by Crippen LogP contribution is -2.59. The molecule has 1 aliphatic carbocycles. The van der Waals surface area contributed by atoms with Crippen molar-refractivity contribution < 1.29 is 9.53 Å². The number of aromatic nitrogens is 5. The molecule has 154 valence electrons. The van der Waals surface area contributed by atoms with Crippen LogP contribution in [0.1, 0.15) is 26.7 Å². The predicted molar refractivity (Wildman–Crippen MR) is 113 cm³/mol. The van der Waals surface area contributed by atoms with Crippen molar-refractivity contribution in [3.05, 3.63) is 42.9 Å². The molecule has 0 saturated heterocycles. The zero-order valence-corrected chi connectivity index (χ0v) is 17.1. The van der Waals surface area contributed by atoms with Gasteiger partial charge in [0.1, 0.15) is 5.52 Å². The average molecular weight is 405 g/mol. The Balaban J connectivity index is 1.44. The lowest BCUT2D eigenvalue weighted by molar-refractivity contribution is -0.121. The van der Waals surface area contributed by atoms with E-state index in [9.17, 15) is 4.79 Å². The van der Waals surface area contributed by atoms with Crippen molar-refractivity contribution in [1.82, 2.24) is 29.5 Å². The maximum absolute atomic E-state index is 11.3. The molecule has 1 fully saturated rings. The molecule has 2 N–H and O–H groups in total. The average Bonchev–Trinajstić information content (AvgIpc) is 3.31. The van der Waals surface area contributed by atoms with Crippen LogP contribution in [0.25, 0.3) is 22.2 Å². The van der Waals surface area contributed by atoms with Crippen molar-refractivity contribution in [2.75, 3.05) is 12.4 Å². The molecule has 0 bridgehead atoms. The molecule has 4 aromatic heterocycles. The zero-order valence-electron chi connectivity index (χ0n) is 17.1. The molecule has 1 amide bonds. The van der Waals surface area contributed by atoms with Gasteiger partial charge < -0.3 is 15.4 Å². The Morgan fingerprint density at radius 1 is 1.23 bits per heavy atom. The van der Waals surface area contributed by atoms with Crippen LogP contribution >= 0.6 is 0 Å². The number of pyridine rings is 1. The fraction of sp³-hybridized carbons (Fsp3) is 0.333. The van der Waals surface area contributed by atoms with Crippen LogP contribution in [0.3, 0.4) is 0 Å². The van der Waals surface area contributed by atoms with Crippen LogP contribution < -0.4 is 15.4 Å². The molecule has 5 rings (SSSR count). The number of hydrogen-bond acceptors (Lipinski definition) is 6. The second-order valence-corrected chi connectivity index (χ2v) is 8.07. The molecule has 0 aromatic carbocycles. The number of nitrogens with zero attached hydrogens (tertiary/aromatic N) is 5. The van der Waals surface area contributed by atoms with Crippen molar-refractivity contribution in [2.24, 2.45) is 0 Å². The van der Waals surface area contributed by atoms with Crippen molar-refractivity contribution in [3.8, 4) is 17.0 Å². The van der Waals surface area contributed by atoms with Gasteiger partial charge in [-0.2, -0.15) is 10.1 Å². The van der Waals surface area contributed by atoms with Gasteiger partial charge in [0, 0.05) is 42.7 Å². The Bertz CT molecular complexity index is 1250. The van der Waals surface area contributed by atoms with Crippen molar-refractivity contribution in [1.29, 1.82) is 0 Å². The Morgan fingerprint density at radius 2 is 2.03 bits per heavy atom. The summed E-state index contributed by atoms with van der Waals surface area (Å²) in [5, 5.41) is 15.2. The number of ether oxygens (including phenoxy) is 1. The summed E-state index contributed by atoms with van der Waals surface area (Å²) < 4.78 is 9.21. The second kappa shape index (κ2) is 6.72. The van der Waals surface area contributed by atoms with Gasteiger partial charge in [-0.25, -0.2) is 9.03 Å². The smallest absolute Gasteiger partial charge is 0.244 e. The third-order valence-electron chi connectivity index (χ3n) is 5.59. The Hall–Kier alpha value is -3.62. The van der Waals surface area contributed by atoms with E-state index in [1.165, 1.54) is 0 Å². The van der Waals surface area contributed by atoms with Crippen molar-refractivity contribution >= 4 is 22.9 Å². The highest BCUT2D eigenvalue weighted by Crippen LogP contribution is 2.35. The van der Waals surface area contributed by atoms with Crippen LogP contribution in [0.5, 0.6) is 5.88 Å². The molecule has 4 aromatic rings. The predicted octanol–water partition coefficient (Wildman–Crippen LogP) is 2.52. The Morgan fingerprint density at radius 3 is 2.80 bits per heavy atom. The number of carbonyl (C=O) groups excluding carboxylic acids is 1. The van der Waals surface area contributed by atoms with E-state index in [-0.39, 0.29) is 17.5 Å². The van der Waals surface area contributed by atoms with Gasteiger partial charge in [0.05, 0.1) is 12.6 Å². The minimum Gasteiger partial charge on any atom is -0.479 e. The van der Waals surface area contributed by atoms with Gasteiger partial charge >= 0.3 is 0 Å². The molecular weight excluding hydrogens is 382 g/mol. The maximum Gasteiger partial charge on any atom is 0.244 e. The first-order valence-electron chi connectivity index (χ1n) is 9.86. The summed E-state index contributed by atoms with van der Waals surface area (Å²) >= 11 is 0. The van der Waals surface area contributed by atoms with Gasteiger partial charge in [0.25, 0.3) is 0 Å². The molecule has 30 heavy (non-hydrogen) atoms. The molecule has 0 aliphatic heterocycles. The molecule has 1 aliphatic rings. The Labute approximate surface area is 173 Å². The largest absolute Gasteiger partial charge is 0.479 e. The number of carbonyl (C=O) groups is 1. The fourth-order valence-corrected chi connectivity index (χ4v) is 4.36. The highest BCUT2D eigenvalue weighted by Gasteiger charge is 2.41. The lowest BCUT2D eigenvalue weighted by Gasteiger charge is -2.45. The summed E-state index contributed by atoms with van der Waals surface area (Å²) in [5.41, 5.74) is 3.67. The zero-order chi connectivity index (χ0) is 20.9. The fourth-order valence-electron chi connectivity index (χ4n) is 4.36. The standard InChI is InChI=1S/C21H23N7O2/c1-13(29)25-21(2)11-15(12-21)23-20-24-19(30-3)18-17(6-9-28(18)26-20)14-5-8-27-16(10-14)4-7-22-27/h4-10,15H,11-12H2,1-3H3,(H,23,26)(H,25,29). The molecule has 0 atom stereocenters. The van der Waals surface area contributed by atoms with Gasteiger partial charge in [-0.1, -0.05) is 0 Å². The molecule has 9 nitrogen and oxygen atoms in total. The van der Waals surface area contributed by atoms with E-state index in [4.69, 9.17) is 4.74 Å². The minimum atomic E-state index is -0.176. The van der Waals surface area contributed by atoms with Crippen LogP contribution in [0.2, 0.25) is 0 Å². The summed E-state index contributed by atoms with van der Waals surface area (Å²) in [6.07, 6.45) is 7.25. The normalized spacial score (nSPS) is 20.8. The van der Waals surface area contributed by atoms with Crippen LogP contribution in [0.4, 0.5) is 5.95 Å². The second-order valence-electron chi connectivity index (χ2n) is 8.07. The summed E-state index contributed by atoms with van der Waals surface area (Å²) in [6, 6.07) is 8.26. The quantitative estimate of drug-likeness (QED) is 0.530. The van der Waals surface area contributed by atoms with Crippen molar-refractivity contribution in [3.63, 3.8) is 0 Å². The number of rotatable bonds is 5. The first kappa shape index (κ1) is 18.4. The van der Waals surface area contributed by atoms with E-state index < -0.39 is 0 Å². The van der Waals surface area contributed by atoms with Gasteiger partial charge in [-0.15, -0.1) is 5.10 Å². The SMILES string of the molecule is COc1nc(NC2CC(C)(NC(C)=O)C2)nn2ccc(-c3ccn4nccc4c3)c12. The van der Waals surface area contributed by atoms with Gasteiger partial charge in [-0.3, -0.25) is 4.79 Å². The van der Waals surface area contributed by atoms with Gasteiger partial charge in [0.15, 0.2) is 0 Å². The molecular formula is C21H23N7O2. The van der Waals surface area contributed by atoms with E-state index in [1.807, 2.05) is 42.0 Å². The molecule has 4 heterocycles. The van der Waals surface area contributed by atoms with E-state index in [0.717, 1.165) is 35.0 Å². The van der Waals surface area contributed by atoms with Crippen LogP contribution in [0.15, 0.2) is 42.9 Å².